The smallest absolute Gasteiger partial charge is 0.128 e. The van der Waals surface area contributed by atoms with Crippen molar-refractivity contribution in [2.75, 3.05) is 6.54 Å². The molecule has 0 radical (unpaired) electrons. The molecule has 3 heteroatoms. The van der Waals surface area contributed by atoms with Gasteiger partial charge in [-0.1, -0.05) is 26.7 Å². The van der Waals surface area contributed by atoms with E-state index in [1.165, 1.54) is 31.0 Å². The highest BCUT2D eigenvalue weighted by atomic mass is 19.1. The standard InChI is InChI=1S/C17H25F2N/c1-3-9-20-17(13-6-4-5-12(2)10-13)15-11-14(18)7-8-16(15)19/h7-8,11-13,17,20H,3-6,9-10H2,1-2H3. The van der Waals surface area contributed by atoms with Gasteiger partial charge in [0.2, 0.25) is 0 Å². The summed E-state index contributed by atoms with van der Waals surface area (Å²) in [6, 6.07) is 3.74. The van der Waals surface area contributed by atoms with Crippen LogP contribution in [-0.4, -0.2) is 6.54 Å². The highest BCUT2D eigenvalue weighted by Crippen LogP contribution is 2.38. The fraction of sp³-hybridized carbons (Fsp3) is 0.647. The van der Waals surface area contributed by atoms with Crippen LogP contribution in [0.15, 0.2) is 18.2 Å². The van der Waals surface area contributed by atoms with Crippen LogP contribution in [0.5, 0.6) is 0 Å². The summed E-state index contributed by atoms with van der Waals surface area (Å²) >= 11 is 0. The maximum absolute atomic E-state index is 14.1. The number of hydrogen-bond donors (Lipinski definition) is 1. The van der Waals surface area contributed by atoms with Gasteiger partial charge in [0.15, 0.2) is 0 Å². The van der Waals surface area contributed by atoms with E-state index in [0.717, 1.165) is 25.8 Å². The van der Waals surface area contributed by atoms with Crippen molar-refractivity contribution in [1.29, 1.82) is 0 Å². The van der Waals surface area contributed by atoms with Crippen LogP contribution in [0.2, 0.25) is 0 Å². The van der Waals surface area contributed by atoms with E-state index in [9.17, 15) is 8.78 Å². The van der Waals surface area contributed by atoms with Gasteiger partial charge in [-0.3, -0.25) is 0 Å². The Hall–Kier alpha value is -0.960. The molecule has 1 nitrogen and oxygen atoms in total. The van der Waals surface area contributed by atoms with Crippen LogP contribution in [0.3, 0.4) is 0 Å². The molecule has 0 aromatic heterocycles. The van der Waals surface area contributed by atoms with Crippen LogP contribution in [0.4, 0.5) is 8.78 Å². The molecule has 0 spiro atoms. The van der Waals surface area contributed by atoms with Crippen LogP contribution in [0.25, 0.3) is 0 Å². The Morgan fingerprint density at radius 3 is 2.80 bits per heavy atom. The summed E-state index contributed by atoms with van der Waals surface area (Å²) in [5.74, 6) is 0.435. The van der Waals surface area contributed by atoms with E-state index in [-0.39, 0.29) is 17.7 Å². The second kappa shape index (κ2) is 7.16. The molecule has 20 heavy (non-hydrogen) atoms. The SMILES string of the molecule is CCCNC(c1cc(F)ccc1F)C1CCCC(C)C1. The Kier molecular flexibility index (Phi) is 5.53. The molecular weight excluding hydrogens is 256 g/mol. The summed E-state index contributed by atoms with van der Waals surface area (Å²) in [6.07, 6.45) is 5.63. The first-order valence-electron chi connectivity index (χ1n) is 7.80. The van der Waals surface area contributed by atoms with Crippen molar-refractivity contribution in [2.24, 2.45) is 11.8 Å². The molecule has 3 atom stereocenters. The summed E-state index contributed by atoms with van der Waals surface area (Å²) in [4.78, 5) is 0. The average Bonchev–Trinajstić information content (AvgIpc) is 2.43. The fourth-order valence-corrected chi connectivity index (χ4v) is 3.37. The summed E-state index contributed by atoms with van der Waals surface area (Å²) in [5.41, 5.74) is 0.498. The van der Waals surface area contributed by atoms with E-state index >= 15 is 0 Å². The molecule has 0 aliphatic heterocycles. The minimum absolute atomic E-state index is 0.0617. The second-order valence-corrected chi connectivity index (χ2v) is 6.13. The highest BCUT2D eigenvalue weighted by Gasteiger charge is 2.29. The highest BCUT2D eigenvalue weighted by molar-refractivity contribution is 5.23. The van der Waals surface area contributed by atoms with Crippen molar-refractivity contribution in [3.8, 4) is 0 Å². The van der Waals surface area contributed by atoms with Crippen molar-refractivity contribution in [3.05, 3.63) is 35.4 Å². The lowest BCUT2D eigenvalue weighted by molar-refractivity contribution is 0.220. The summed E-state index contributed by atoms with van der Waals surface area (Å²) in [5, 5.41) is 3.44. The van der Waals surface area contributed by atoms with Gasteiger partial charge >= 0.3 is 0 Å². The minimum atomic E-state index is -0.353. The summed E-state index contributed by atoms with van der Waals surface area (Å²) in [7, 11) is 0. The monoisotopic (exact) mass is 281 g/mol. The van der Waals surface area contributed by atoms with Crippen molar-refractivity contribution in [2.45, 2.75) is 52.0 Å². The van der Waals surface area contributed by atoms with Crippen LogP contribution in [0, 0.1) is 23.5 Å². The zero-order valence-electron chi connectivity index (χ0n) is 12.5. The molecule has 1 aliphatic rings. The van der Waals surface area contributed by atoms with E-state index in [4.69, 9.17) is 0 Å². The lowest BCUT2D eigenvalue weighted by Gasteiger charge is -2.34. The van der Waals surface area contributed by atoms with Crippen molar-refractivity contribution < 1.29 is 8.78 Å². The van der Waals surface area contributed by atoms with Gasteiger partial charge in [-0.15, -0.1) is 0 Å². The van der Waals surface area contributed by atoms with Gasteiger partial charge in [0, 0.05) is 11.6 Å². The van der Waals surface area contributed by atoms with E-state index in [2.05, 4.69) is 19.2 Å². The third kappa shape index (κ3) is 3.78. The normalized spacial score (nSPS) is 24.6. The third-order valence-corrected chi connectivity index (χ3v) is 4.36. The average molecular weight is 281 g/mol. The molecule has 0 saturated heterocycles. The van der Waals surface area contributed by atoms with Crippen LogP contribution >= 0.6 is 0 Å². The van der Waals surface area contributed by atoms with Crippen LogP contribution in [0.1, 0.15) is 57.6 Å². The van der Waals surface area contributed by atoms with Crippen molar-refractivity contribution >= 4 is 0 Å². The number of nitrogens with one attached hydrogen (secondary N) is 1. The first-order chi connectivity index (χ1) is 9.61. The van der Waals surface area contributed by atoms with Gasteiger partial charge < -0.3 is 5.32 Å². The van der Waals surface area contributed by atoms with Crippen molar-refractivity contribution in [3.63, 3.8) is 0 Å². The number of hydrogen-bond acceptors (Lipinski definition) is 1. The largest absolute Gasteiger partial charge is 0.310 e. The van der Waals surface area contributed by atoms with Gasteiger partial charge in [-0.2, -0.15) is 0 Å². The summed E-state index contributed by atoms with van der Waals surface area (Å²) in [6.45, 7) is 5.19. The molecule has 1 aromatic carbocycles. The Bertz CT molecular complexity index is 433. The van der Waals surface area contributed by atoms with E-state index in [1.807, 2.05) is 0 Å². The maximum Gasteiger partial charge on any atom is 0.128 e. The van der Waals surface area contributed by atoms with Crippen molar-refractivity contribution in [1.82, 2.24) is 5.32 Å². The van der Waals surface area contributed by atoms with Crippen LogP contribution in [-0.2, 0) is 0 Å². The zero-order valence-corrected chi connectivity index (χ0v) is 12.5. The van der Waals surface area contributed by atoms with E-state index in [1.54, 1.807) is 0 Å². The molecule has 3 unspecified atom stereocenters. The second-order valence-electron chi connectivity index (χ2n) is 6.13. The molecule has 0 bridgehead atoms. The molecule has 1 fully saturated rings. The molecule has 1 saturated carbocycles. The molecule has 112 valence electrons. The quantitative estimate of drug-likeness (QED) is 0.815. The topological polar surface area (TPSA) is 12.0 Å². The number of halogens is 2. The molecule has 2 rings (SSSR count). The Labute approximate surface area is 120 Å². The van der Waals surface area contributed by atoms with Crippen LogP contribution < -0.4 is 5.32 Å². The zero-order chi connectivity index (χ0) is 14.5. The molecular formula is C17H25F2N. The minimum Gasteiger partial charge on any atom is -0.310 e. The predicted molar refractivity (Wildman–Crippen MR) is 78.5 cm³/mol. The number of benzene rings is 1. The lowest BCUT2D eigenvalue weighted by Crippen LogP contribution is -2.32. The maximum atomic E-state index is 14.1. The van der Waals surface area contributed by atoms with E-state index < -0.39 is 0 Å². The molecule has 1 aliphatic carbocycles. The van der Waals surface area contributed by atoms with Gasteiger partial charge in [0.25, 0.3) is 0 Å². The van der Waals surface area contributed by atoms with Gasteiger partial charge in [0.1, 0.15) is 11.6 Å². The van der Waals surface area contributed by atoms with Gasteiger partial charge in [-0.25, -0.2) is 8.78 Å². The Balaban J connectivity index is 2.23. The summed E-state index contributed by atoms with van der Waals surface area (Å²) < 4.78 is 27.6. The molecule has 1 aromatic rings. The van der Waals surface area contributed by atoms with Gasteiger partial charge in [0.05, 0.1) is 0 Å². The first kappa shape index (κ1) is 15.4. The Morgan fingerprint density at radius 1 is 1.30 bits per heavy atom. The molecule has 0 heterocycles. The first-order valence-corrected chi connectivity index (χ1v) is 7.80. The van der Waals surface area contributed by atoms with E-state index in [0.29, 0.717) is 17.4 Å². The number of rotatable bonds is 5. The third-order valence-electron chi connectivity index (χ3n) is 4.36. The predicted octanol–water partition coefficient (Wildman–Crippen LogP) is 4.83. The molecule has 0 amide bonds. The lowest BCUT2D eigenvalue weighted by atomic mass is 9.76. The molecule has 1 N–H and O–H groups in total. The fourth-order valence-electron chi connectivity index (χ4n) is 3.37. The Morgan fingerprint density at radius 2 is 2.10 bits per heavy atom. The van der Waals surface area contributed by atoms with Gasteiger partial charge in [-0.05, 0) is 55.8 Å².